The van der Waals surface area contributed by atoms with E-state index in [9.17, 15) is 19.5 Å². The van der Waals surface area contributed by atoms with Crippen LogP contribution in [0.3, 0.4) is 0 Å². The molecule has 0 radical (unpaired) electrons. The predicted octanol–water partition coefficient (Wildman–Crippen LogP) is 2.88. The van der Waals surface area contributed by atoms with E-state index in [1.165, 1.54) is 0 Å². The number of hydrogen-bond acceptors (Lipinski definition) is 6. The lowest BCUT2D eigenvalue weighted by atomic mass is 9.73. The van der Waals surface area contributed by atoms with Gasteiger partial charge in [-0.15, -0.1) is 0 Å². The van der Waals surface area contributed by atoms with Crippen LogP contribution in [0.2, 0.25) is 5.02 Å². The Kier molecular flexibility index (Phi) is 6.70. The number of likely N-dealkylation sites (tertiary alicyclic amines) is 1. The molecule has 36 heavy (non-hydrogen) atoms. The maximum Gasteiger partial charge on any atom is 0.313 e. The largest absolute Gasteiger partial charge is 0.461 e. The van der Waals surface area contributed by atoms with E-state index >= 15 is 0 Å². The third-order valence-corrected chi connectivity index (χ3v) is 8.22. The second-order valence-corrected chi connectivity index (χ2v) is 10.2. The summed E-state index contributed by atoms with van der Waals surface area (Å²) in [7, 11) is 0. The first-order valence-electron chi connectivity index (χ1n) is 12.6. The first-order valence-corrected chi connectivity index (χ1v) is 13.0. The highest BCUT2D eigenvalue weighted by Crippen LogP contribution is 2.58. The van der Waals surface area contributed by atoms with Crippen LogP contribution in [0.15, 0.2) is 48.6 Å². The molecule has 0 saturated carbocycles. The van der Waals surface area contributed by atoms with Gasteiger partial charge in [0, 0.05) is 19.7 Å². The van der Waals surface area contributed by atoms with Gasteiger partial charge in [0.1, 0.15) is 29.8 Å². The van der Waals surface area contributed by atoms with E-state index in [-0.39, 0.29) is 31.6 Å². The lowest BCUT2D eigenvalue weighted by molar-refractivity contribution is -0.157. The number of para-hydroxylation sites is 1. The van der Waals surface area contributed by atoms with E-state index in [2.05, 4.69) is 0 Å². The Hall–Kier alpha value is -2.68. The van der Waals surface area contributed by atoms with Crippen molar-refractivity contribution >= 4 is 35.1 Å². The summed E-state index contributed by atoms with van der Waals surface area (Å²) >= 11 is 6.47. The van der Waals surface area contributed by atoms with Crippen molar-refractivity contribution in [2.24, 2.45) is 11.8 Å². The molecule has 4 aliphatic rings. The first-order chi connectivity index (χ1) is 17.4. The minimum atomic E-state index is -1.32. The summed E-state index contributed by atoms with van der Waals surface area (Å²) in [6, 6.07) is 6.14. The third-order valence-electron chi connectivity index (χ3n) is 7.90. The molecule has 1 aromatic rings. The van der Waals surface area contributed by atoms with Gasteiger partial charge < -0.3 is 24.4 Å². The third kappa shape index (κ3) is 3.69. The minimum Gasteiger partial charge on any atom is -0.461 e. The molecular formula is C27H31ClN2O6. The molecule has 5 rings (SSSR count). The number of cyclic esters (lactones) is 1. The van der Waals surface area contributed by atoms with Crippen molar-refractivity contribution in [1.82, 2.24) is 4.90 Å². The molecule has 5 atom stereocenters. The smallest absolute Gasteiger partial charge is 0.313 e. The van der Waals surface area contributed by atoms with Gasteiger partial charge in [0.2, 0.25) is 5.91 Å². The lowest BCUT2D eigenvalue weighted by Crippen LogP contribution is -2.56. The molecule has 9 heteroatoms. The number of fused-ring (bicyclic) bond motifs is 2. The van der Waals surface area contributed by atoms with Gasteiger partial charge in [-0.1, -0.05) is 48.9 Å². The van der Waals surface area contributed by atoms with Crippen molar-refractivity contribution in [3.63, 3.8) is 0 Å². The Morgan fingerprint density at radius 3 is 2.61 bits per heavy atom. The second-order valence-electron chi connectivity index (χ2n) is 9.77. The first kappa shape index (κ1) is 25.0. The van der Waals surface area contributed by atoms with E-state index in [4.69, 9.17) is 21.1 Å². The van der Waals surface area contributed by atoms with E-state index in [0.29, 0.717) is 42.9 Å². The molecule has 0 aromatic heterocycles. The summed E-state index contributed by atoms with van der Waals surface area (Å²) in [5.74, 6) is -2.81. The van der Waals surface area contributed by atoms with Gasteiger partial charge in [0.05, 0.1) is 16.6 Å². The number of hydrogen-bond donors (Lipinski definition) is 1. The van der Waals surface area contributed by atoms with Crippen LogP contribution in [0.4, 0.5) is 5.69 Å². The minimum absolute atomic E-state index is 0.0638. The summed E-state index contributed by atoms with van der Waals surface area (Å²) in [6.07, 6.45) is 9.62. The standard InChI is InChI=1S/C27H31ClN2O6/c1-2-26-12-9-17-35-25(34)21(26)20-23(32)30(14-6-3-7-16-31)22-24(33)29(15-8-13-27(20,22)36-26)19-11-5-4-10-18(19)28/h4-5,8-13,20-22,31H,2-3,6-7,14-17H2,1H3/t20-,21-,22?,26+,27-/m0/s1. The SMILES string of the molecule is CC[C@@]12C=CCOC(=O)[C@@H]1[C@H]1C(=O)N(CCCCCO)C3C(=O)N(c4ccccc4Cl)CC=C[C@@]31O2. The highest BCUT2D eigenvalue weighted by atomic mass is 35.5. The Morgan fingerprint density at radius 1 is 1.06 bits per heavy atom. The number of carbonyl (C=O) groups excluding carboxylic acids is 3. The maximum absolute atomic E-state index is 14.3. The summed E-state index contributed by atoms with van der Waals surface area (Å²) in [5.41, 5.74) is -1.80. The van der Waals surface area contributed by atoms with Crippen molar-refractivity contribution in [2.45, 2.75) is 49.9 Å². The molecular weight excluding hydrogens is 484 g/mol. The zero-order valence-electron chi connectivity index (χ0n) is 20.3. The van der Waals surface area contributed by atoms with E-state index in [1.54, 1.807) is 34.1 Å². The fraction of sp³-hybridized carbons (Fsp3) is 0.519. The highest BCUT2D eigenvalue weighted by Gasteiger charge is 2.75. The van der Waals surface area contributed by atoms with Crippen LogP contribution in [-0.2, 0) is 23.9 Å². The number of halogens is 1. The molecule has 0 bridgehead atoms. The number of carbonyl (C=O) groups is 3. The average molecular weight is 515 g/mol. The van der Waals surface area contributed by atoms with E-state index < -0.39 is 35.0 Å². The van der Waals surface area contributed by atoms with Crippen LogP contribution in [0.25, 0.3) is 0 Å². The van der Waals surface area contributed by atoms with Crippen molar-refractivity contribution in [3.05, 3.63) is 53.6 Å². The van der Waals surface area contributed by atoms with Gasteiger partial charge in [-0.3, -0.25) is 14.4 Å². The van der Waals surface area contributed by atoms with Crippen LogP contribution in [0, 0.1) is 11.8 Å². The molecule has 2 amide bonds. The zero-order chi connectivity index (χ0) is 25.5. The van der Waals surface area contributed by atoms with Gasteiger partial charge in [-0.05, 0) is 43.9 Å². The van der Waals surface area contributed by atoms with Gasteiger partial charge in [0.25, 0.3) is 5.91 Å². The van der Waals surface area contributed by atoms with Crippen molar-refractivity contribution in [2.75, 3.05) is 31.2 Å². The summed E-state index contributed by atoms with van der Waals surface area (Å²) < 4.78 is 12.3. The normalized spacial score (nSPS) is 33.2. The average Bonchev–Trinajstić information content (AvgIpc) is 3.14. The van der Waals surface area contributed by atoms with E-state index in [0.717, 1.165) is 0 Å². The summed E-state index contributed by atoms with van der Waals surface area (Å²) in [6.45, 7) is 2.68. The molecule has 4 heterocycles. The van der Waals surface area contributed by atoms with Crippen LogP contribution in [-0.4, -0.2) is 71.3 Å². The second kappa shape index (κ2) is 9.65. The number of amides is 2. The topological polar surface area (TPSA) is 96.4 Å². The molecule has 8 nitrogen and oxygen atoms in total. The van der Waals surface area contributed by atoms with Crippen molar-refractivity contribution in [1.29, 1.82) is 0 Å². The molecule has 2 saturated heterocycles. The van der Waals surface area contributed by atoms with E-state index in [1.807, 2.05) is 31.2 Å². The number of nitrogens with zero attached hydrogens (tertiary/aromatic N) is 2. The molecule has 0 aliphatic carbocycles. The number of benzene rings is 1. The molecule has 2 fully saturated rings. The zero-order valence-corrected chi connectivity index (χ0v) is 21.0. The van der Waals surface area contributed by atoms with Gasteiger partial charge in [-0.2, -0.15) is 0 Å². The number of unbranched alkanes of at least 4 members (excludes halogenated alkanes) is 2. The summed E-state index contributed by atoms with van der Waals surface area (Å²) in [5, 5.41) is 9.62. The lowest BCUT2D eigenvalue weighted by Gasteiger charge is -2.38. The highest BCUT2D eigenvalue weighted by molar-refractivity contribution is 6.34. The number of anilines is 1. The fourth-order valence-electron chi connectivity index (χ4n) is 6.29. The fourth-order valence-corrected chi connectivity index (χ4v) is 6.53. The van der Waals surface area contributed by atoms with Gasteiger partial charge in [0.15, 0.2) is 0 Å². The monoisotopic (exact) mass is 514 g/mol. The number of esters is 1. The summed E-state index contributed by atoms with van der Waals surface area (Å²) in [4.78, 5) is 44.8. The molecule has 1 spiro atoms. The molecule has 1 aromatic carbocycles. The molecule has 4 aliphatic heterocycles. The Balaban J connectivity index is 1.62. The van der Waals surface area contributed by atoms with Crippen LogP contribution in [0.1, 0.15) is 32.6 Å². The maximum atomic E-state index is 14.3. The quantitative estimate of drug-likeness (QED) is 0.341. The number of ether oxygens (including phenoxy) is 2. The molecule has 1 N–H and O–H groups in total. The number of aliphatic hydroxyl groups is 1. The Morgan fingerprint density at radius 2 is 1.86 bits per heavy atom. The Bertz CT molecular complexity index is 1120. The van der Waals surface area contributed by atoms with Crippen molar-refractivity contribution < 1.29 is 29.0 Å². The number of rotatable bonds is 7. The van der Waals surface area contributed by atoms with Gasteiger partial charge >= 0.3 is 5.97 Å². The Labute approximate surface area is 215 Å². The molecule has 192 valence electrons. The van der Waals surface area contributed by atoms with Crippen LogP contribution < -0.4 is 4.90 Å². The molecule has 1 unspecified atom stereocenters. The van der Waals surface area contributed by atoms with Crippen molar-refractivity contribution in [3.8, 4) is 0 Å². The van der Waals surface area contributed by atoms with Gasteiger partial charge in [-0.25, -0.2) is 0 Å². The van der Waals surface area contributed by atoms with Crippen LogP contribution >= 0.6 is 11.6 Å². The van der Waals surface area contributed by atoms with Crippen LogP contribution in [0.5, 0.6) is 0 Å². The number of aliphatic hydroxyl groups excluding tert-OH is 1. The predicted molar refractivity (Wildman–Crippen MR) is 133 cm³/mol.